The van der Waals surface area contributed by atoms with Crippen molar-refractivity contribution in [3.8, 4) is 28.1 Å². The van der Waals surface area contributed by atoms with Crippen molar-refractivity contribution < 1.29 is 27.8 Å². The van der Waals surface area contributed by atoms with Crippen molar-refractivity contribution in [2.45, 2.75) is 46.4 Å². The summed E-state index contributed by atoms with van der Waals surface area (Å²) in [5, 5.41) is 9.31. The molecule has 1 aliphatic heterocycles. The van der Waals surface area contributed by atoms with Crippen LogP contribution in [-0.2, 0) is 17.6 Å². The van der Waals surface area contributed by atoms with Crippen molar-refractivity contribution in [1.29, 1.82) is 0 Å². The molecule has 0 saturated carbocycles. The Bertz CT molecular complexity index is 1610. The summed E-state index contributed by atoms with van der Waals surface area (Å²) >= 11 is 0. The number of aryl methyl sites for hydroxylation is 3. The third kappa shape index (κ3) is 6.40. The number of rotatable bonds is 7. The summed E-state index contributed by atoms with van der Waals surface area (Å²) in [6.07, 6.45) is -1.56. The molecule has 1 N–H and O–H groups in total. The summed E-state index contributed by atoms with van der Waals surface area (Å²) in [5.41, 5.74) is 6.02. The van der Waals surface area contributed by atoms with Crippen LogP contribution in [0.5, 0.6) is 5.75 Å². The smallest absolute Gasteiger partial charge is 0.416 e. The number of carbonyl (C=O) groups is 1. The minimum Gasteiger partial charge on any atom is -0.488 e. The summed E-state index contributed by atoms with van der Waals surface area (Å²) in [6, 6.07) is 17.4. The zero-order valence-electron chi connectivity index (χ0n) is 23.7. The highest BCUT2D eigenvalue weighted by atomic mass is 19.4. The number of ether oxygens (including phenoxy) is 1. The van der Waals surface area contributed by atoms with Gasteiger partial charge in [-0.3, -0.25) is 4.79 Å². The minimum absolute atomic E-state index is 0.300. The van der Waals surface area contributed by atoms with Gasteiger partial charge in [-0.2, -0.15) is 13.2 Å². The maximum atomic E-state index is 13.1. The Morgan fingerprint density at radius 2 is 1.71 bits per heavy atom. The first kappa shape index (κ1) is 29.1. The zero-order valence-corrected chi connectivity index (χ0v) is 23.7. The summed E-state index contributed by atoms with van der Waals surface area (Å²) in [5.74, 6) is 0.133. The number of piperidine rings is 1. The van der Waals surface area contributed by atoms with Gasteiger partial charge in [-0.25, -0.2) is 9.97 Å². The van der Waals surface area contributed by atoms with Gasteiger partial charge in [0.1, 0.15) is 12.4 Å². The molecule has 218 valence electrons. The van der Waals surface area contributed by atoms with Gasteiger partial charge in [-0.05, 0) is 91.8 Å². The van der Waals surface area contributed by atoms with Gasteiger partial charge >= 0.3 is 12.1 Å². The Kier molecular flexibility index (Phi) is 8.20. The van der Waals surface area contributed by atoms with Crippen LogP contribution < -0.4 is 9.64 Å². The molecule has 0 amide bonds. The SMILES string of the molecule is Cc1ccc(OCc2ccc(-c3ccc(C(F)(F)F)cc3C)cc2C)c(-c2ccnc(N3CCC(C(=O)O)CC3)n2)c1. The first-order valence-corrected chi connectivity index (χ1v) is 13.8. The van der Waals surface area contributed by atoms with Gasteiger partial charge in [0.05, 0.1) is 17.2 Å². The van der Waals surface area contributed by atoms with E-state index in [-0.39, 0.29) is 5.92 Å². The number of carboxylic acid groups (broad SMARTS) is 1. The molecule has 1 saturated heterocycles. The van der Waals surface area contributed by atoms with Crippen molar-refractivity contribution in [3.63, 3.8) is 0 Å². The van der Waals surface area contributed by atoms with Crippen LogP contribution in [0.3, 0.4) is 0 Å². The van der Waals surface area contributed by atoms with E-state index in [4.69, 9.17) is 9.72 Å². The van der Waals surface area contributed by atoms with Crippen LogP contribution in [0, 0.1) is 26.7 Å². The van der Waals surface area contributed by atoms with Crippen molar-refractivity contribution in [1.82, 2.24) is 9.97 Å². The van der Waals surface area contributed by atoms with Crippen molar-refractivity contribution in [2.75, 3.05) is 18.0 Å². The molecule has 0 spiro atoms. The number of aromatic nitrogens is 2. The van der Waals surface area contributed by atoms with Gasteiger partial charge in [-0.15, -0.1) is 0 Å². The summed E-state index contributed by atoms with van der Waals surface area (Å²) in [4.78, 5) is 22.6. The van der Waals surface area contributed by atoms with E-state index in [2.05, 4.69) is 4.98 Å². The van der Waals surface area contributed by atoms with Gasteiger partial charge in [0, 0.05) is 24.8 Å². The molecule has 5 rings (SSSR count). The molecule has 1 aromatic heterocycles. The van der Waals surface area contributed by atoms with Crippen molar-refractivity contribution >= 4 is 11.9 Å². The first-order chi connectivity index (χ1) is 20.0. The number of carboxylic acids is 1. The number of alkyl halides is 3. The summed E-state index contributed by atoms with van der Waals surface area (Å²) < 4.78 is 45.6. The fourth-order valence-electron chi connectivity index (χ4n) is 5.29. The Morgan fingerprint density at radius 3 is 2.38 bits per heavy atom. The van der Waals surface area contributed by atoms with Crippen LogP contribution in [0.15, 0.2) is 66.9 Å². The lowest BCUT2D eigenvalue weighted by molar-refractivity contribution is -0.142. The van der Waals surface area contributed by atoms with E-state index in [1.807, 2.05) is 61.2 Å². The van der Waals surface area contributed by atoms with Crippen LogP contribution in [0.1, 0.15) is 40.7 Å². The molecule has 0 radical (unpaired) electrons. The highest BCUT2D eigenvalue weighted by molar-refractivity contribution is 5.71. The van der Waals surface area contributed by atoms with E-state index in [0.717, 1.165) is 39.4 Å². The Hall–Kier alpha value is -4.40. The predicted molar refractivity (Wildman–Crippen MR) is 155 cm³/mol. The fourth-order valence-corrected chi connectivity index (χ4v) is 5.29. The fraction of sp³-hybridized carbons (Fsp3) is 0.303. The van der Waals surface area contributed by atoms with Crippen LogP contribution in [-0.4, -0.2) is 34.1 Å². The molecule has 6 nitrogen and oxygen atoms in total. The lowest BCUT2D eigenvalue weighted by Gasteiger charge is -2.30. The van der Waals surface area contributed by atoms with E-state index in [0.29, 0.717) is 55.5 Å². The van der Waals surface area contributed by atoms with Gasteiger partial charge in [0.25, 0.3) is 0 Å². The highest BCUT2D eigenvalue weighted by Gasteiger charge is 2.30. The molecule has 1 aliphatic rings. The number of anilines is 1. The molecular weight excluding hydrogens is 543 g/mol. The maximum absolute atomic E-state index is 13.1. The monoisotopic (exact) mass is 575 g/mol. The van der Waals surface area contributed by atoms with Gasteiger partial charge in [0.2, 0.25) is 5.95 Å². The number of benzene rings is 3. The van der Waals surface area contributed by atoms with Crippen molar-refractivity contribution in [2.24, 2.45) is 5.92 Å². The number of nitrogens with zero attached hydrogens (tertiary/aromatic N) is 3. The number of aliphatic carboxylic acids is 1. The largest absolute Gasteiger partial charge is 0.488 e. The predicted octanol–water partition coefficient (Wildman–Crippen LogP) is 7.63. The average Bonchev–Trinajstić information content (AvgIpc) is 2.96. The van der Waals surface area contributed by atoms with Crippen LogP contribution in [0.2, 0.25) is 0 Å². The summed E-state index contributed by atoms with van der Waals surface area (Å²) in [6.45, 7) is 7.11. The number of halogens is 3. The molecule has 0 unspecified atom stereocenters. The first-order valence-electron chi connectivity index (χ1n) is 13.8. The Morgan fingerprint density at radius 1 is 0.952 bits per heavy atom. The van der Waals surface area contributed by atoms with Crippen LogP contribution in [0.25, 0.3) is 22.4 Å². The molecule has 4 aromatic rings. The molecule has 0 atom stereocenters. The van der Waals surface area contributed by atoms with Gasteiger partial charge < -0.3 is 14.7 Å². The van der Waals surface area contributed by atoms with Gasteiger partial charge in [0.15, 0.2) is 0 Å². The second-order valence-corrected chi connectivity index (χ2v) is 10.8. The molecule has 0 aliphatic carbocycles. The molecule has 1 fully saturated rings. The molecule has 3 aromatic carbocycles. The second-order valence-electron chi connectivity index (χ2n) is 10.8. The van der Waals surface area contributed by atoms with E-state index in [1.165, 1.54) is 12.1 Å². The third-order valence-corrected chi connectivity index (χ3v) is 7.77. The third-order valence-electron chi connectivity index (χ3n) is 7.77. The standard InChI is InChI=1S/C33H32F3N3O3/c1-20-4-9-30(28(16-20)29-10-13-37-32(38-29)39-14-11-23(12-15-39)31(40)41)42-19-25-6-5-24(17-21(25)2)27-8-7-26(18-22(27)3)33(34,35)36/h4-10,13,16-18,23H,11-12,14-15,19H2,1-3H3,(H,40,41). The lowest BCUT2D eigenvalue weighted by Crippen LogP contribution is -2.37. The normalized spacial score (nSPS) is 14.2. The number of hydrogen-bond donors (Lipinski definition) is 1. The highest BCUT2D eigenvalue weighted by Crippen LogP contribution is 2.35. The van der Waals surface area contributed by atoms with E-state index < -0.39 is 17.7 Å². The quantitative estimate of drug-likeness (QED) is 0.244. The van der Waals surface area contributed by atoms with Crippen molar-refractivity contribution in [3.05, 3.63) is 94.7 Å². The molecule has 42 heavy (non-hydrogen) atoms. The topological polar surface area (TPSA) is 75.5 Å². The second kappa shape index (κ2) is 11.8. The molecular formula is C33H32F3N3O3. The summed E-state index contributed by atoms with van der Waals surface area (Å²) in [7, 11) is 0. The lowest BCUT2D eigenvalue weighted by atomic mass is 9.95. The zero-order chi connectivity index (χ0) is 30.0. The Balaban J connectivity index is 1.34. The van der Waals surface area contributed by atoms with E-state index in [9.17, 15) is 23.1 Å². The van der Waals surface area contributed by atoms with Crippen LogP contribution in [0.4, 0.5) is 19.1 Å². The van der Waals surface area contributed by atoms with Crippen LogP contribution >= 0.6 is 0 Å². The maximum Gasteiger partial charge on any atom is 0.416 e. The van der Waals surface area contributed by atoms with E-state index >= 15 is 0 Å². The number of hydrogen-bond acceptors (Lipinski definition) is 5. The Labute approximate surface area is 242 Å². The average molecular weight is 576 g/mol. The van der Waals surface area contributed by atoms with E-state index in [1.54, 1.807) is 13.1 Å². The minimum atomic E-state index is -4.37. The molecule has 0 bridgehead atoms. The van der Waals surface area contributed by atoms with Gasteiger partial charge in [-0.1, -0.05) is 35.9 Å². The molecule has 9 heteroatoms. The molecule has 2 heterocycles.